The van der Waals surface area contributed by atoms with Crippen LogP contribution < -0.4 is 5.73 Å². The molecule has 1 aliphatic heterocycles. The Morgan fingerprint density at radius 2 is 1.81 bits per heavy atom. The first-order valence-electron chi connectivity index (χ1n) is 8.26. The van der Waals surface area contributed by atoms with Crippen LogP contribution in [0.5, 0.6) is 0 Å². The smallest absolute Gasteiger partial charge is 0.0487 e. The monoisotopic (exact) mass is 285 g/mol. The molecule has 21 heavy (non-hydrogen) atoms. The second-order valence-electron chi connectivity index (χ2n) is 6.62. The quantitative estimate of drug-likeness (QED) is 0.858. The third kappa shape index (κ3) is 3.08. The predicted molar refractivity (Wildman–Crippen MR) is 90.5 cm³/mol. The number of hydrogen-bond acceptors (Lipinski definition) is 2. The molecule has 1 fully saturated rings. The van der Waals surface area contributed by atoms with E-state index in [0.29, 0.717) is 6.04 Å². The highest BCUT2D eigenvalue weighted by atomic mass is 15.1. The van der Waals surface area contributed by atoms with Crippen LogP contribution in [0.25, 0.3) is 10.9 Å². The zero-order valence-electron chi connectivity index (χ0n) is 13.3. The molecule has 0 unspecified atom stereocenters. The molecule has 0 amide bonds. The van der Waals surface area contributed by atoms with Crippen molar-refractivity contribution in [3.63, 3.8) is 0 Å². The van der Waals surface area contributed by atoms with Crippen LogP contribution in [0.2, 0.25) is 0 Å². The molecule has 0 radical (unpaired) electrons. The molecule has 1 aliphatic rings. The van der Waals surface area contributed by atoms with E-state index >= 15 is 0 Å². The van der Waals surface area contributed by atoms with Gasteiger partial charge in [-0.3, -0.25) is 4.90 Å². The van der Waals surface area contributed by atoms with Gasteiger partial charge in [-0.1, -0.05) is 12.8 Å². The SMILES string of the molecule is CC(C)n1cc(CN2CCCCCC2)c2cc(N)ccc21. The number of fused-ring (bicyclic) bond motifs is 1. The van der Waals surface area contributed by atoms with Crippen LogP contribution in [-0.2, 0) is 6.54 Å². The topological polar surface area (TPSA) is 34.2 Å². The Hall–Kier alpha value is -1.48. The van der Waals surface area contributed by atoms with E-state index in [2.05, 4.69) is 41.6 Å². The highest BCUT2D eigenvalue weighted by molar-refractivity contribution is 5.87. The lowest BCUT2D eigenvalue weighted by molar-refractivity contribution is 0.277. The van der Waals surface area contributed by atoms with Crippen LogP contribution in [0.4, 0.5) is 5.69 Å². The van der Waals surface area contributed by atoms with Crippen LogP contribution in [0, 0.1) is 0 Å². The molecule has 1 aromatic heterocycles. The predicted octanol–water partition coefficient (Wildman–Crippen LogP) is 4.18. The van der Waals surface area contributed by atoms with E-state index < -0.39 is 0 Å². The maximum Gasteiger partial charge on any atom is 0.0487 e. The Kier molecular flexibility index (Phi) is 4.20. The summed E-state index contributed by atoms with van der Waals surface area (Å²) in [5.74, 6) is 0. The molecule has 2 N–H and O–H groups in total. The van der Waals surface area contributed by atoms with Gasteiger partial charge in [0, 0.05) is 35.4 Å². The van der Waals surface area contributed by atoms with E-state index in [1.54, 1.807) is 0 Å². The molecule has 0 atom stereocenters. The summed E-state index contributed by atoms with van der Waals surface area (Å²) < 4.78 is 2.38. The van der Waals surface area contributed by atoms with Crippen LogP contribution in [0.1, 0.15) is 51.1 Å². The van der Waals surface area contributed by atoms with Gasteiger partial charge < -0.3 is 10.3 Å². The Bertz CT molecular complexity index is 604. The van der Waals surface area contributed by atoms with E-state index in [1.165, 1.54) is 55.2 Å². The lowest BCUT2D eigenvalue weighted by atomic mass is 10.1. The fraction of sp³-hybridized carbons (Fsp3) is 0.556. The molecular formula is C18H27N3. The summed E-state index contributed by atoms with van der Waals surface area (Å²) in [7, 11) is 0. The van der Waals surface area contributed by atoms with Crippen molar-refractivity contribution in [1.82, 2.24) is 9.47 Å². The molecule has 0 saturated carbocycles. The molecule has 1 aromatic carbocycles. The van der Waals surface area contributed by atoms with Gasteiger partial charge in [-0.05, 0) is 63.5 Å². The first-order valence-corrected chi connectivity index (χ1v) is 8.26. The van der Waals surface area contributed by atoms with Crippen LogP contribution in [0.15, 0.2) is 24.4 Å². The summed E-state index contributed by atoms with van der Waals surface area (Å²) in [6.45, 7) is 8.00. The van der Waals surface area contributed by atoms with Crippen molar-refractivity contribution in [2.75, 3.05) is 18.8 Å². The van der Waals surface area contributed by atoms with Gasteiger partial charge in [0.2, 0.25) is 0 Å². The fourth-order valence-electron chi connectivity index (χ4n) is 3.43. The summed E-state index contributed by atoms with van der Waals surface area (Å²) in [5.41, 5.74) is 9.61. The molecule has 2 aromatic rings. The third-order valence-electron chi connectivity index (χ3n) is 4.59. The summed E-state index contributed by atoms with van der Waals surface area (Å²) in [4.78, 5) is 2.61. The Morgan fingerprint density at radius 1 is 1.10 bits per heavy atom. The number of anilines is 1. The Morgan fingerprint density at radius 3 is 2.48 bits per heavy atom. The highest BCUT2D eigenvalue weighted by Crippen LogP contribution is 2.28. The Labute approximate surface area is 127 Å². The van der Waals surface area contributed by atoms with Gasteiger partial charge in [-0.2, -0.15) is 0 Å². The minimum atomic E-state index is 0.481. The zero-order valence-corrected chi connectivity index (χ0v) is 13.3. The van der Waals surface area contributed by atoms with Gasteiger partial charge in [-0.15, -0.1) is 0 Å². The van der Waals surface area contributed by atoms with Crippen LogP contribution in [0.3, 0.4) is 0 Å². The molecule has 3 rings (SSSR count). The maximum absolute atomic E-state index is 6.01. The van der Waals surface area contributed by atoms with Gasteiger partial charge in [0.05, 0.1) is 0 Å². The molecular weight excluding hydrogens is 258 g/mol. The number of nitrogens with two attached hydrogens (primary N) is 1. The normalized spacial score (nSPS) is 17.5. The van der Waals surface area contributed by atoms with Crippen LogP contribution >= 0.6 is 0 Å². The van der Waals surface area contributed by atoms with E-state index in [-0.39, 0.29) is 0 Å². The molecule has 1 saturated heterocycles. The van der Waals surface area contributed by atoms with Gasteiger partial charge in [0.15, 0.2) is 0 Å². The molecule has 3 heteroatoms. The average molecular weight is 285 g/mol. The molecule has 0 aliphatic carbocycles. The van der Waals surface area contributed by atoms with E-state index in [0.717, 1.165) is 12.2 Å². The van der Waals surface area contributed by atoms with Gasteiger partial charge in [0.1, 0.15) is 0 Å². The number of likely N-dealkylation sites (tertiary alicyclic amines) is 1. The summed E-state index contributed by atoms with van der Waals surface area (Å²) >= 11 is 0. The second-order valence-corrected chi connectivity index (χ2v) is 6.62. The third-order valence-corrected chi connectivity index (χ3v) is 4.59. The number of benzene rings is 1. The van der Waals surface area contributed by atoms with Crippen LogP contribution in [-0.4, -0.2) is 22.6 Å². The van der Waals surface area contributed by atoms with Crippen molar-refractivity contribution >= 4 is 16.6 Å². The minimum Gasteiger partial charge on any atom is -0.399 e. The average Bonchev–Trinajstić information content (AvgIpc) is 2.63. The highest BCUT2D eigenvalue weighted by Gasteiger charge is 2.15. The molecule has 114 valence electrons. The standard InChI is InChI=1S/C18H27N3/c1-14(2)21-13-15(12-20-9-5-3-4-6-10-20)17-11-16(19)7-8-18(17)21/h7-8,11,13-14H,3-6,9-10,12,19H2,1-2H3. The maximum atomic E-state index is 6.01. The van der Waals surface area contributed by atoms with E-state index in [9.17, 15) is 0 Å². The van der Waals surface area contributed by atoms with Crippen molar-refractivity contribution in [3.8, 4) is 0 Å². The second kappa shape index (κ2) is 6.10. The van der Waals surface area contributed by atoms with E-state index in [1.807, 2.05) is 6.07 Å². The Balaban J connectivity index is 1.95. The molecule has 3 nitrogen and oxygen atoms in total. The molecule has 2 heterocycles. The zero-order chi connectivity index (χ0) is 14.8. The fourth-order valence-corrected chi connectivity index (χ4v) is 3.43. The van der Waals surface area contributed by atoms with Gasteiger partial charge >= 0.3 is 0 Å². The number of rotatable bonds is 3. The summed E-state index contributed by atoms with van der Waals surface area (Å²) in [6.07, 6.45) is 7.78. The number of hydrogen-bond donors (Lipinski definition) is 1. The summed E-state index contributed by atoms with van der Waals surface area (Å²) in [5, 5.41) is 1.33. The number of nitrogens with zero attached hydrogens (tertiary/aromatic N) is 2. The lowest BCUT2D eigenvalue weighted by Gasteiger charge is -2.19. The van der Waals surface area contributed by atoms with E-state index in [4.69, 9.17) is 5.73 Å². The number of nitrogen functional groups attached to an aromatic ring is 1. The molecule has 0 spiro atoms. The van der Waals surface area contributed by atoms with Gasteiger partial charge in [0.25, 0.3) is 0 Å². The largest absolute Gasteiger partial charge is 0.399 e. The summed E-state index contributed by atoms with van der Waals surface area (Å²) in [6, 6.07) is 6.79. The van der Waals surface area contributed by atoms with Gasteiger partial charge in [-0.25, -0.2) is 0 Å². The molecule has 0 bridgehead atoms. The van der Waals surface area contributed by atoms with Crippen molar-refractivity contribution in [1.29, 1.82) is 0 Å². The first kappa shape index (κ1) is 14.5. The van der Waals surface area contributed by atoms with Crippen molar-refractivity contribution in [3.05, 3.63) is 30.0 Å². The van der Waals surface area contributed by atoms with Crippen molar-refractivity contribution in [2.24, 2.45) is 0 Å². The van der Waals surface area contributed by atoms with Crippen molar-refractivity contribution < 1.29 is 0 Å². The first-order chi connectivity index (χ1) is 10.1. The minimum absolute atomic E-state index is 0.481. The number of aromatic nitrogens is 1. The van der Waals surface area contributed by atoms with Crippen molar-refractivity contribution in [2.45, 2.75) is 52.1 Å². The lowest BCUT2D eigenvalue weighted by Crippen LogP contribution is -2.23.